The highest BCUT2D eigenvalue weighted by atomic mass is 16.2. The second-order valence-corrected chi connectivity index (χ2v) is 7.20. The Kier molecular flexibility index (Phi) is 4.98. The monoisotopic (exact) mass is 368 g/mol. The molecular formula is C25H24N2O. The maximum atomic E-state index is 12.7. The van der Waals surface area contributed by atoms with Gasteiger partial charge in [-0.05, 0) is 46.5 Å². The van der Waals surface area contributed by atoms with Crippen LogP contribution in [0.1, 0.15) is 37.1 Å². The summed E-state index contributed by atoms with van der Waals surface area (Å²) < 4.78 is 0. The van der Waals surface area contributed by atoms with Crippen LogP contribution in [-0.4, -0.2) is 6.03 Å². The summed E-state index contributed by atoms with van der Waals surface area (Å²) in [6.45, 7) is 4.04. The summed E-state index contributed by atoms with van der Waals surface area (Å²) in [5, 5.41) is 10.9. The maximum Gasteiger partial charge on any atom is 0.315 e. The third-order valence-electron chi connectivity index (χ3n) is 5.27. The lowest BCUT2D eigenvalue weighted by Crippen LogP contribution is -2.38. The van der Waals surface area contributed by atoms with Crippen molar-refractivity contribution in [3.63, 3.8) is 0 Å². The zero-order valence-electron chi connectivity index (χ0n) is 16.1. The van der Waals surface area contributed by atoms with Crippen molar-refractivity contribution >= 4 is 27.6 Å². The van der Waals surface area contributed by atoms with E-state index < -0.39 is 0 Å². The molecule has 140 valence electrons. The third kappa shape index (κ3) is 3.56. The van der Waals surface area contributed by atoms with Gasteiger partial charge in [0.25, 0.3) is 0 Å². The van der Waals surface area contributed by atoms with Gasteiger partial charge in [0.15, 0.2) is 0 Å². The number of nitrogens with one attached hydrogen (secondary N) is 2. The molecule has 0 spiro atoms. The molecule has 2 N–H and O–H groups in total. The quantitative estimate of drug-likeness (QED) is 0.448. The minimum Gasteiger partial charge on any atom is -0.332 e. The number of hydrogen-bond acceptors (Lipinski definition) is 1. The van der Waals surface area contributed by atoms with Gasteiger partial charge in [0.2, 0.25) is 0 Å². The van der Waals surface area contributed by atoms with E-state index in [1.807, 2.05) is 50.2 Å². The van der Waals surface area contributed by atoms with Crippen LogP contribution in [0.2, 0.25) is 0 Å². The molecule has 0 aliphatic heterocycles. The number of carbonyl (C=O) groups is 1. The molecule has 0 heterocycles. The number of hydrogen-bond donors (Lipinski definition) is 2. The van der Waals surface area contributed by atoms with Crippen LogP contribution in [0.5, 0.6) is 0 Å². The number of carbonyl (C=O) groups excluding carboxylic acids is 1. The molecule has 28 heavy (non-hydrogen) atoms. The molecule has 4 aromatic carbocycles. The molecule has 0 radical (unpaired) electrons. The van der Waals surface area contributed by atoms with Crippen LogP contribution in [0, 0.1) is 0 Å². The molecule has 4 aromatic rings. The summed E-state index contributed by atoms with van der Waals surface area (Å²) in [7, 11) is 0. The average molecular weight is 368 g/mol. The Hall–Kier alpha value is -3.33. The minimum atomic E-state index is -0.166. The van der Waals surface area contributed by atoms with Crippen molar-refractivity contribution in [3.8, 4) is 0 Å². The molecule has 0 fully saturated rings. The summed E-state index contributed by atoms with van der Waals surface area (Å²) >= 11 is 0. The Morgan fingerprint density at radius 3 is 1.46 bits per heavy atom. The molecule has 0 unspecified atom stereocenters. The Balaban J connectivity index is 1.50. The van der Waals surface area contributed by atoms with Gasteiger partial charge in [0, 0.05) is 0 Å². The Bertz CT molecular complexity index is 1040. The Morgan fingerprint density at radius 1 is 0.607 bits per heavy atom. The largest absolute Gasteiger partial charge is 0.332 e. The van der Waals surface area contributed by atoms with Gasteiger partial charge in [-0.1, -0.05) is 84.9 Å². The number of benzene rings is 4. The maximum absolute atomic E-state index is 12.7. The second kappa shape index (κ2) is 7.73. The lowest BCUT2D eigenvalue weighted by molar-refractivity contribution is 0.235. The van der Waals surface area contributed by atoms with Crippen LogP contribution in [0.25, 0.3) is 21.5 Å². The molecule has 2 amide bonds. The minimum absolute atomic E-state index is 0.0918. The fourth-order valence-corrected chi connectivity index (χ4v) is 3.85. The summed E-state index contributed by atoms with van der Waals surface area (Å²) in [5.41, 5.74) is 2.23. The van der Waals surface area contributed by atoms with E-state index in [2.05, 4.69) is 59.2 Å². The van der Waals surface area contributed by atoms with E-state index in [0.29, 0.717) is 0 Å². The van der Waals surface area contributed by atoms with Crippen molar-refractivity contribution in [3.05, 3.63) is 96.1 Å². The lowest BCUT2D eigenvalue weighted by atomic mass is 9.99. The smallest absolute Gasteiger partial charge is 0.315 e. The number of rotatable bonds is 4. The fourth-order valence-electron chi connectivity index (χ4n) is 3.85. The van der Waals surface area contributed by atoms with Crippen LogP contribution >= 0.6 is 0 Å². The zero-order valence-corrected chi connectivity index (χ0v) is 16.1. The third-order valence-corrected chi connectivity index (χ3v) is 5.27. The molecule has 3 nitrogen and oxygen atoms in total. The van der Waals surface area contributed by atoms with Crippen LogP contribution in [0.3, 0.4) is 0 Å². The predicted octanol–water partition coefficient (Wildman–Crippen LogP) is 6.11. The molecule has 0 bridgehead atoms. The van der Waals surface area contributed by atoms with E-state index in [4.69, 9.17) is 0 Å². The van der Waals surface area contributed by atoms with Crippen molar-refractivity contribution < 1.29 is 4.79 Å². The zero-order chi connectivity index (χ0) is 19.5. The van der Waals surface area contributed by atoms with Gasteiger partial charge in [0.1, 0.15) is 0 Å². The van der Waals surface area contributed by atoms with Crippen molar-refractivity contribution in [1.29, 1.82) is 0 Å². The molecule has 0 saturated heterocycles. The molecular weight excluding hydrogens is 344 g/mol. The number of urea groups is 1. The van der Waals surface area contributed by atoms with Gasteiger partial charge in [0.05, 0.1) is 12.1 Å². The normalized spacial score (nSPS) is 13.2. The standard InChI is InChI=1S/C25H24N2O/c1-17(21-15-7-11-19-9-3-5-13-23(19)21)26-25(28)27-18(2)22-16-8-12-20-10-4-6-14-24(20)22/h3-18H,1-2H3,(H2,26,27,28)/t17-,18+. The SMILES string of the molecule is C[C@H](NC(=O)N[C@H](C)c1cccc2ccccc12)c1cccc2ccccc12. The van der Waals surface area contributed by atoms with E-state index in [9.17, 15) is 4.79 Å². The van der Waals surface area contributed by atoms with Crippen LogP contribution in [0.4, 0.5) is 4.79 Å². The van der Waals surface area contributed by atoms with E-state index in [-0.39, 0.29) is 18.1 Å². The summed E-state index contributed by atoms with van der Waals surface area (Å²) in [6.07, 6.45) is 0. The van der Waals surface area contributed by atoms with E-state index in [1.165, 1.54) is 21.5 Å². The first-order valence-electron chi connectivity index (χ1n) is 9.66. The van der Waals surface area contributed by atoms with E-state index in [0.717, 1.165) is 11.1 Å². The first-order chi connectivity index (χ1) is 13.6. The predicted molar refractivity (Wildman–Crippen MR) is 116 cm³/mol. The summed E-state index contributed by atoms with van der Waals surface area (Å²) in [5.74, 6) is 0. The van der Waals surface area contributed by atoms with Crippen molar-refractivity contribution in [2.45, 2.75) is 25.9 Å². The van der Waals surface area contributed by atoms with Crippen molar-refractivity contribution in [2.24, 2.45) is 0 Å². The topological polar surface area (TPSA) is 41.1 Å². The Morgan fingerprint density at radius 2 is 1.00 bits per heavy atom. The van der Waals surface area contributed by atoms with Crippen LogP contribution in [0.15, 0.2) is 84.9 Å². The molecule has 0 aliphatic rings. The van der Waals surface area contributed by atoms with Gasteiger partial charge in [-0.25, -0.2) is 4.79 Å². The fraction of sp³-hybridized carbons (Fsp3) is 0.160. The van der Waals surface area contributed by atoms with Gasteiger partial charge >= 0.3 is 6.03 Å². The number of amides is 2. The average Bonchev–Trinajstić information content (AvgIpc) is 2.72. The number of fused-ring (bicyclic) bond motifs is 2. The van der Waals surface area contributed by atoms with Gasteiger partial charge in [-0.2, -0.15) is 0 Å². The first-order valence-corrected chi connectivity index (χ1v) is 9.66. The molecule has 0 saturated carbocycles. The molecule has 4 rings (SSSR count). The Labute approximate surface area is 165 Å². The van der Waals surface area contributed by atoms with Gasteiger partial charge in [-0.3, -0.25) is 0 Å². The summed E-state index contributed by atoms with van der Waals surface area (Å²) in [4.78, 5) is 12.7. The highest BCUT2D eigenvalue weighted by Gasteiger charge is 2.15. The molecule has 0 aliphatic carbocycles. The lowest BCUT2D eigenvalue weighted by Gasteiger charge is -2.21. The molecule has 2 atom stereocenters. The second-order valence-electron chi connectivity index (χ2n) is 7.20. The van der Waals surface area contributed by atoms with E-state index >= 15 is 0 Å². The highest BCUT2D eigenvalue weighted by molar-refractivity contribution is 5.88. The van der Waals surface area contributed by atoms with Crippen LogP contribution in [-0.2, 0) is 0 Å². The summed E-state index contributed by atoms with van der Waals surface area (Å²) in [6, 6.07) is 28.5. The van der Waals surface area contributed by atoms with E-state index in [1.54, 1.807) is 0 Å². The van der Waals surface area contributed by atoms with Crippen LogP contribution < -0.4 is 10.6 Å². The van der Waals surface area contributed by atoms with Gasteiger partial charge in [-0.15, -0.1) is 0 Å². The van der Waals surface area contributed by atoms with Gasteiger partial charge < -0.3 is 10.6 Å². The highest BCUT2D eigenvalue weighted by Crippen LogP contribution is 2.25. The van der Waals surface area contributed by atoms with Crippen molar-refractivity contribution in [2.75, 3.05) is 0 Å². The van der Waals surface area contributed by atoms with Crippen molar-refractivity contribution in [1.82, 2.24) is 10.6 Å². The first kappa shape index (κ1) is 18.1. The molecule has 0 aromatic heterocycles. The molecule has 3 heteroatoms.